The van der Waals surface area contributed by atoms with Gasteiger partial charge in [-0.3, -0.25) is 14.5 Å². The quantitative estimate of drug-likeness (QED) is 0.510. The first-order chi connectivity index (χ1) is 15.8. The second-order valence-electron chi connectivity index (χ2n) is 7.37. The van der Waals surface area contributed by atoms with Crippen LogP contribution < -0.4 is 10.1 Å². The first-order valence-electron chi connectivity index (χ1n) is 10.1. The van der Waals surface area contributed by atoms with Gasteiger partial charge in [-0.25, -0.2) is 4.98 Å². The molecule has 0 bridgehead atoms. The summed E-state index contributed by atoms with van der Waals surface area (Å²) in [6, 6.07) is 5.44. The van der Waals surface area contributed by atoms with Gasteiger partial charge in [-0.2, -0.15) is 0 Å². The Labute approximate surface area is 190 Å². The van der Waals surface area contributed by atoms with Crippen LogP contribution in [0, 0.1) is 6.92 Å². The Morgan fingerprint density at radius 2 is 2.09 bits per heavy atom. The normalized spacial score (nSPS) is 18.9. The molecule has 1 saturated heterocycles. The first-order valence-corrected chi connectivity index (χ1v) is 10.9. The second-order valence-corrected chi connectivity index (χ2v) is 8.34. The van der Waals surface area contributed by atoms with Crippen molar-refractivity contribution in [2.45, 2.75) is 38.3 Å². The largest absolute Gasteiger partial charge is 0.522 e. The van der Waals surface area contributed by atoms with Crippen LogP contribution in [0.4, 0.5) is 13.2 Å². The van der Waals surface area contributed by atoms with E-state index in [1.165, 1.54) is 6.20 Å². The molecular weight excluding hydrogens is 463 g/mol. The highest BCUT2D eigenvalue weighted by atomic mass is 32.1. The third-order valence-electron chi connectivity index (χ3n) is 4.81. The Kier molecular flexibility index (Phi) is 7.00. The van der Waals surface area contributed by atoms with Gasteiger partial charge in [0.2, 0.25) is 0 Å². The minimum absolute atomic E-state index is 0.139. The van der Waals surface area contributed by atoms with E-state index >= 15 is 0 Å². The summed E-state index contributed by atoms with van der Waals surface area (Å²) in [5.41, 5.74) is 2.66. The van der Waals surface area contributed by atoms with Gasteiger partial charge in [0.05, 0.1) is 36.5 Å². The fourth-order valence-electron chi connectivity index (χ4n) is 3.24. The maximum Gasteiger partial charge on any atom is 0.522 e. The molecule has 1 amide bonds. The van der Waals surface area contributed by atoms with E-state index in [0.717, 1.165) is 22.4 Å². The summed E-state index contributed by atoms with van der Waals surface area (Å²) in [4.78, 5) is 21.3. The molecule has 0 saturated carbocycles. The van der Waals surface area contributed by atoms with Gasteiger partial charge in [-0.05, 0) is 37.5 Å². The van der Waals surface area contributed by atoms with E-state index in [0.29, 0.717) is 23.4 Å². The van der Waals surface area contributed by atoms with E-state index in [1.807, 2.05) is 25.1 Å². The summed E-state index contributed by atoms with van der Waals surface area (Å²) in [7, 11) is 0. The van der Waals surface area contributed by atoms with Crippen molar-refractivity contribution in [2.24, 2.45) is 0 Å². The zero-order valence-corrected chi connectivity index (χ0v) is 18.3. The van der Waals surface area contributed by atoms with Gasteiger partial charge in [0.1, 0.15) is 23.4 Å². The van der Waals surface area contributed by atoms with E-state index in [4.69, 9.17) is 9.47 Å². The van der Waals surface area contributed by atoms with Crippen molar-refractivity contribution in [3.63, 3.8) is 0 Å². The third kappa shape index (κ3) is 6.33. The van der Waals surface area contributed by atoms with Gasteiger partial charge in [-0.1, -0.05) is 22.5 Å². The van der Waals surface area contributed by atoms with Crippen LogP contribution in [0.2, 0.25) is 0 Å². The molecule has 1 aliphatic heterocycles. The van der Waals surface area contributed by atoms with E-state index in [1.54, 1.807) is 0 Å². The molecule has 1 aromatic carbocycles. The van der Waals surface area contributed by atoms with Gasteiger partial charge in [0.15, 0.2) is 0 Å². The Morgan fingerprint density at radius 3 is 2.85 bits per heavy atom. The van der Waals surface area contributed by atoms with Crippen LogP contribution >= 0.6 is 11.3 Å². The summed E-state index contributed by atoms with van der Waals surface area (Å²) < 4.78 is 50.5. The minimum atomic E-state index is -4.70. The predicted molar refractivity (Wildman–Crippen MR) is 111 cm³/mol. The van der Waals surface area contributed by atoms with E-state index < -0.39 is 13.0 Å². The van der Waals surface area contributed by atoms with Crippen LogP contribution in [-0.2, 0) is 9.47 Å². The highest BCUT2D eigenvalue weighted by molar-refractivity contribution is 7.13. The number of halogens is 3. The number of hydrogen-bond donors (Lipinski definition) is 1. The van der Waals surface area contributed by atoms with Crippen molar-refractivity contribution in [1.82, 2.24) is 25.5 Å². The van der Waals surface area contributed by atoms with Gasteiger partial charge >= 0.3 is 6.36 Å². The van der Waals surface area contributed by atoms with E-state index in [9.17, 15) is 18.0 Å². The molecule has 9 nitrogen and oxygen atoms in total. The van der Waals surface area contributed by atoms with Crippen molar-refractivity contribution >= 4 is 28.3 Å². The Hall–Kier alpha value is -2.90. The van der Waals surface area contributed by atoms with Crippen molar-refractivity contribution in [3.05, 3.63) is 40.7 Å². The average Bonchev–Trinajstić information content (AvgIpc) is 3.25. The number of aromatic nitrogens is 4. The molecule has 0 spiro atoms. The topological polar surface area (TPSA) is 108 Å². The van der Waals surface area contributed by atoms with Crippen molar-refractivity contribution in [3.8, 4) is 5.19 Å². The predicted octanol–water partition coefficient (Wildman–Crippen LogP) is 3.36. The summed E-state index contributed by atoms with van der Waals surface area (Å²) >= 11 is 1.10. The van der Waals surface area contributed by atoms with Crippen LogP contribution in [0.15, 0.2) is 24.4 Å². The zero-order valence-electron chi connectivity index (χ0n) is 17.5. The number of nitrogens with zero attached hydrogens (tertiary/aromatic N) is 4. The number of carbonyl (C=O) groups excluding carboxylic acids is 1. The molecule has 4 rings (SSSR count). The van der Waals surface area contributed by atoms with Crippen molar-refractivity contribution in [2.75, 3.05) is 19.8 Å². The molecule has 1 N–H and O–H groups in total. The van der Waals surface area contributed by atoms with Crippen LogP contribution in [-0.4, -0.2) is 58.3 Å². The molecular formula is C20H20F3N5O4S. The average molecular weight is 483 g/mol. The lowest BCUT2D eigenvalue weighted by Crippen LogP contribution is -2.41. The molecule has 2 atom stereocenters. The number of amides is 1. The fourth-order valence-corrected chi connectivity index (χ4v) is 4.05. The number of ether oxygens (including phenoxy) is 3. The molecule has 1 fully saturated rings. The Bertz CT molecular complexity index is 1120. The maximum atomic E-state index is 12.6. The second kappa shape index (κ2) is 9.93. The first kappa shape index (κ1) is 23.3. The van der Waals surface area contributed by atoms with E-state index in [2.05, 4.69) is 30.2 Å². The number of aryl methyl sites for hydroxylation is 1. The molecule has 0 aliphatic carbocycles. The number of rotatable bonds is 7. The molecule has 3 heterocycles. The fraction of sp³-hybridized carbons (Fsp3) is 0.450. The lowest BCUT2D eigenvalue weighted by Gasteiger charge is -2.28. The van der Waals surface area contributed by atoms with Crippen LogP contribution in [0.1, 0.15) is 40.0 Å². The summed E-state index contributed by atoms with van der Waals surface area (Å²) in [6.45, 7) is 1.29. The molecule has 13 heteroatoms. The van der Waals surface area contributed by atoms with Gasteiger partial charge in [0.25, 0.3) is 11.1 Å². The molecule has 0 radical (unpaired) electrons. The van der Waals surface area contributed by atoms with Gasteiger partial charge in [-0.15, -0.1) is 18.3 Å². The molecule has 0 unspecified atom stereocenters. The maximum absolute atomic E-state index is 12.6. The number of fused-ring (bicyclic) bond motifs is 1. The van der Waals surface area contributed by atoms with Crippen LogP contribution in [0.3, 0.4) is 0 Å². The SMILES string of the molecule is Cc1ccc2nc(C(=O)N[C@H]3CC[C@H](c4nnc(OCCOC(F)(F)F)s4)OC3)cnc2c1. The smallest absolute Gasteiger partial charge is 0.466 e. The standard InChI is InChI=1S/C20H20F3N5O4S/c1-11-2-4-13-14(8-11)24-9-15(26-13)17(29)25-12-3-5-16(31-10-12)18-27-28-19(33-18)30-6-7-32-20(21,22)23/h2,4,8-9,12,16H,3,5-7,10H2,1H3,(H,25,29)/t12-,16+/m0/s1. The van der Waals surface area contributed by atoms with Crippen LogP contribution in [0.25, 0.3) is 11.0 Å². The van der Waals surface area contributed by atoms with Crippen LogP contribution in [0.5, 0.6) is 5.19 Å². The van der Waals surface area contributed by atoms with Gasteiger partial charge < -0.3 is 14.8 Å². The third-order valence-corrected chi connectivity index (χ3v) is 5.74. The molecule has 176 valence electrons. The number of benzene rings is 1. The van der Waals surface area contributed by atoms with E-state index in [-0.39, 0.29) is 42.2 Å². The summed E-state index contributed by atoms with van der Waals surface area (Å²) in [5, 5.41) is 11.4. The number of hydrogen-bond acceptors (Lipinski definition) is 9. The number of alkyl halides is 3. The molecule has 3 aromatic rings. The highest BCUT2D eigenvalue weighted by Gasteiger charge is 2.29. The molecule has 33 heavy (non-hydrogen) atoms. The lowest BCUT2D eigenvalue weighted by molar-refractivity contribution is -0.325. The van der Waals surface area contributed by atoms with Crippen molar-refractivity contribution < 1.29 is 32.2 Å². The molecule has 2 aromatic heterocycles. The summed E-state index contributed by atoms with van der Waals surface area (Å²) in [5.74, 6) is -0.329. The minimum Gasteiger partial charge on any atom is -0.466 e. The Balaban J connectivity index is 1.25. The number of nitrogens with one attached hydrogen (secondary N) is 1. The summed E-state index contributed by atoms with van der Waals surface area (Å²) in [6.07, 6.45) is -2.35. The highest BCUT2D eigenvalue weighted by Crippen LogP contribution is 2.32. The molecule has 1 aliphatic rings. The monoisotopic (exact) mass is 483 g/mol. The zero-order chi connectivity index (χ0) is 23.4. The number of carbonyl (C=O) groups is 1. The van der Waals surface area contributed by atoms with Gasteiger partial charge in [0, 0.05) is 0 Å². The lowest BCUT2D eigenvalue weighted by atomic mass is 10.1. The van der Waals surface area contributed by atoms with Crippen molar-refractivity contribution in [1.29, 1.82) is 0 Å². The Morgan fingerprint density at radius 1 is 1.24 bits per heavy atom.